The molecule has 0 amide bonds. The van der Waals surface area contributed by atoms with Crippen LogP contribution in [0.5, 0.6) is 0 Å². The van der Waals surface area contributed by atoms with E-state index in [1.165, 1.54) is 6.20 Å². The number of alkyl halides is 4. The Balaban J connectivity index is 2.41. The fraction of sp³-hybridized carbons (Fsp3) is 0.615. The Bertz CT molecular complexity index is 459. The van der Waals surface area contributed by atoms with Crippen molar-refractivity contribution < 1.29 is 13.2 Å². The summed E-state index contributed by atoms with van der Waals surface area (Å²) in [6.45, 7) is 0.530. The summed E-state index contributed by atoms with van der Waals surface area (Å²) in [4.78, 5) is 5.85. The minimum atomic E-state index is -4.39. The summed E-state index contributed by atoms with van der Waals surface area (Å²) in [7, 11) is 0. The Morgan fingerprint density at radius 2 is 1.95 bits per heavy atom. The molecule has 0 unspecified atom stereocenters. The SMILES string of the molecule is FC(F)(F)c1cc(Br)cnc1N(CCBr)C1CCCC1. The Hall–Kier alpha value is -0.300. The molecule has 0 aliphatic heterocycles. The lowest BCUT2D eigenvalue weighted by molar-refractivity contribution is -0.137. The number of anilines is 1. The van der Waals surface area contributed by atoms with E-state index in [1.54, 1.807) is 4.90 Å². The standard InChI is InChI=1S/C13H15Br2F3N2/c14-5-6-20(10-3-1-2-4-10)12-11(13(16,17)18)7-9(15)8-19-12/h7-8,10H,1-6H2. The van der Waals surface area contributed by atoms with E-state index < -0.39 is 11.7 Å². The van der Waals surface area contributed by atoms with Gasteiger partial charge < -0.3 is 4.90 Å². The first-order valence-corrected chi connectivity index (χ1v) is 8.40. The molecule has 2 nitrogen and oxygen atoms in total. The number of halogens is 5. The third kappa shape index (κ3) is 3.67. The van der Waals surface area contributed by atoms with Crippen molar-refractivity contribution in [3.05, 3.63) is 22.3 Å². The van der Waals surface area contributed by atoms with Crippen LogP contribution in [0.4, 0.5) is 19.0 Å². The number of nitrogens with zero attached hydrogens (tertiary/aromatic N) is 2. The molecule has 0 bridgehead atoms. The maximum absolute atomic E-state index is 13.2. The maximum Gasteiger partial charge on any atom is 0.419 e. The molecule has 0 N–H and O–H groups in total. The van der Waals surface area contributed by atoms with Crippen molar-refractivity contribution in [3.8, 4) is 0 Å². The summed E-state index contributed by atoms with van der Waals surface area (Å²) in [6, 6.07) is 1.26. The average molecular weight is 416 g/mol. The summed E-state index contributed by atoms with van der Waals surface area (Å²) < 4.78 is 40.0. The van der Waals surface area contributed by atoms with Crippen molar-refractivity contribution in [3.63, 3.8) is 0 Å². The van der Waals surface area contributed by atoms with E-state index >= 15 is 0 Å². The molecule has 1 heterocycles. The molecule has 1 aliphatic rings. The maximum atomic E-state index is 13.2. The van der Waals surface area contributed by atoms with Gasteiger partial charge in [0, 0.05) is 28.6 Å². The quantitative estimate of drug-likeness (QED) is 0.642. The van der Waals surface area contributed by atoms with Gasteiger partial charge in [0.15, 0.2) is 0 Å². The van der Waals surface area contributed by atoms with Gasteiger partial charge >= 0.3 is 6.18 Å². The molecule has 0 spiro atoms. The molecule has 1 fully saturated rings. The number of hydrogen-bond donors (Lipinski definition) is 0. The molecule has 7 heteroatoms. The van der Waals surface area contributed by atoms with Crippen LogP contribution in [0.25, 0.3) is 0 Å². The minimum absolute atomic E-state index is 0.0482. The Morgan fingerprint density at radius 3 is 2.50 bits per heavy atom. The third-order valence-corrected chi connectivity index (χ3v) is 4.29. The molecule has 20 heavy (non-hydrogen) atoms. The number of hydrogen-bond acceptors (Lipinski definition) is 2. The molecule has 0 saturated heterocycles. The second-order valence-corrected chi connectivity index (χ2v) is 6.55. The molecular weight excluding hydrogens is 401 g/mol. The molecular formula is C13H15Br2F3N2. The number of pyridine rings is 1. The minimum Gasteiger partial charge on any atom is -0.352 e. The van der Waals surface area contributed by atoms with Gasteiger partial charge in [-0.05, 0) is 34.8 Å². The van der Waals surface area contributed by atoms with Crippen molar-refractivity contribution in [1.29, 1.82) is 0 Å². The first kappa shape index (κ1) is 16.1. The highest BCUT2D eigenvalue weighted by atomic mass is 79.9. The summed E-state index contributed by atoms with van der Waals surface area (Å²) >= 11 is 6.39. The molecule has 1 aromatic rings. The number of aromatic nitrogens is 1. The Labute approximate surface area is 133 Å². The van der Waals surface area contributed by atoms with Crippen LogP contribution in [0.3, 0.4) is 0 Å². The van der Waals surface area contributed by atoms with Gasteiger partial charge in [-0.2, -0.15) is 13.2 Å². The first-order chi connectivity index (χ1) is 9.43. The topological polar surface area (TPSA) is 16.1 Å². The fourth-order valence-electron chi connectivity index (χ4n) is 2.64. The Kier molecular flexibility index (Phi) is 5.34. The normalized spacial score (nSPS) is 16.6. The molecule has 0 aromatic carbocycles. The van der Waals surface area contributed by atoms with Crippen LogP contribution < -0.4 is 4.90 Å². The van der Waals surface area contributed by atoms with Gasteiger partial charge in [0.2, 0.25) is 0 Å². The van der Waals surface area contributed by atoms with Crippen LogP contribution in [0, 0.1) is 0 Å². The molecule has 1 aromatic heterocycles. The van der Waals surface area contributed by atoms with Crippen LogP contribution in [0.15, 0.2) is 16.7 Å². The Morgan fingerprint density at radius 1 is 1.30 bits per heavy atom. The van der Waals surface area contributed by atoms with Crippen molar-refractivity contribution in [2.75, 3.05) is 16.8 Å². The average Bonchev–Trinajstić information content (AvgIpc) is 2.89. The van der Waals surface area contributed by atoms with Crippen LogP contribution in [0.2, 0.25) is 0 Å². The van der Waals surface area contributed by atoms with Gasteiger partial charge in [-0.15, -0.1) is 0 Å². The molecule has 0 radical (unpaired) electrons. The lowest BCUT2D eigenvalue weighted by Crippen LogP contribution is -2.37. The largest absolute Gasteiger partial charge is 0.419 e. The lowest BCUT2D eigenvalue weighted by Gasteiger charge is -2.31. The molecule has 1 saturated carbocycles. The zero-order valence-corrected chi connectivity index (χ0v) is 13.9. The fourth-order valence-corrected chi connectivity index (χ4v) is 3.35. The van der Waals surface area contributed by atoms with Gasteiger partial charge in [-0.3, -0.25) is 0 Å². The van der Waals surface area contributed by atoms with Gasteiger partial charge in [-0.1, -0.05) is 28.8 Å². The molecule has 112 valence electrons. The van der Waals surface area contributed by atoms with Gasteiger partial charge in [0.05, 0.1) is 5.56 Å². The molecule has 2 rings (SSSR count). The summed E-state index contributed by atoms with van der Waals surface area (Å²) in [6.07, 6.45) is 1.04. The zero-order chi connectivity index (χ0) is 14.8. The van der Waals surface area contributed by atoms with Gasteiger partial charge in [0.1, 0.15) is 5.82 Å². The summed E-state index contributed by atoms with van der Waals surface area (Å²) in [5.41, 5.74) is -0.667. The highest BCUT2D eigenvalue weighted by molar-refractivity contribution is 9.10. The van der Waals surface area contributed by atoms with Crippen LogP contribution >= 0.6 is 31.9 Å². The van der Waals surface area contributed by atoms with Crippen LogP contribution in [-0.4, -0.2) is 22.9 Å². The molecule has 1 aliphatic carbocycles. The third-order valence-electron chi connectivity index (χ3n) is 3.50. The van der Waals surface area contributed by atoms with E-state index in [4.69, 9.17) is 0 Å². The van der Waals surface area contributed by atoms with E-state index in [9.17, 15) is 13.2 Å². The smallest absolute Gasteiger partial charge is 0.352 e. The van der Waals surface area contributed by atoms with E-state index in [-0.39, 0.29) is 11.9 Å². The summed E-state index contributed by atoms with van der Waals surface area (Å²) in [5, 5.41) is 0.624. The number of rotatable bonds is 4. The first-order valence-electron chi connectivity index (χ1n) is 6.49. The van der Waals surface area contributed by atoms with Crippen molar-refractivity contribution in [1.82, 2.24) is 4.98 Å². The van der Waals surface area contributed by atoms with Crippen molar-refractivity contribution in [2.45, 2.75) is 37.9 Å². The van der Waals surface area contributed by atoms with Crippen LogP contribution in [-0.2, 0) is 6.18 Å². The lowest BCUT2D eigenvalue weighted by atomic mass is 10.1. The van der Waals surface area contributed by atoms with Gasteiger partial charge in [-0.25, -0.2) is 4.98 Å². The van der Waals surface area contributed by atoms with E-state index in [2.05, 4.69) is 36.8 Å². The van der Waals surface area contributed by atoms with Crippen molar-refractivity contribution in [2.24, 2.45) is 0 Å². The monoisotopic (exact) mass is 414 g/mol. The highest BCUT2D eigenvalue weighted by Gasteiger charge is 2.37. The van der Waals surface area contributed by atoms with Crippen LogP contribution in [0.1, 0.15) is 31.2 Å². The second-order valence-electron chi connectivity index (χ2n) is 4.84. The predicted molar refractivity (Wildman–Crippen MR) is 80.3 cm³/mol. The molecule has 0 atom stereocenters. The van der Waals surface area contributed by atoms with E-state index in [0.717, 1.165) is 31.7 Å². The predicted octanol–water partition coefficient (Wildman–Crippen LogP) is 5.01. The highest BCUT2D eigenvalue weighted by Crippen LogP contribution is 2.39. The second kappa shape index (κ2) is 6.64. The summed E-state index contributed by atoms with van der Waals surface area (Å²) in [5.74, 6) is 0.0482. The van der Waals surface area contributed by atoms with Crippen molar-refractivity contribution >= 4 is 37.7 Å². The van der Waals surface area contributed by atoms with E-state index in [1.807, 2.05) is 0 Å². The zero-order valence-electron chi connectivity index (χ0n) is 10.8. The van der Waals surface area contributed by atoms with Gasteiger partial charge in [0.25, 0.3) is 0 Å². The van der Waals surface area contributed by atoms with E-state index in [0.29, 0.717) is 16.3 Å².